The van der Waals surface area contributed by atoms with E-state index in [1.165, 1.54) is 17.4 Å². The van der Waals surface area contributed by atoms with Crippen LogP contribution in [-0.2, 0) is 9.53 Å². The molecule has 0 spiro atoms. The van der Waals surface area contributed by atoms with Gasteiger partial charge in [0.25, 0.3) is 5.91 Å². The monoisotopic (exact) mass is 484 g/mol. The van der Waals surface area contributed by atoms with Crippen molar-refractivity contribution in [1.82, 2.24) is 25.2 Å². The smallest absolute Gasteiger partial charge is 0.274 e. The van der Waals surface area contributed by atoms with Crippen LogP contribution in [0.1, 0.15) is 42.4 Å². The molecule has 0 saturated carbocycles. The molecular weight excluding hydrogens is 459 g/mol. The van der Waals surface area contributed by atoms with Crippen LogP contribution in [0.4, 0.5) is 10.3 Å². The largest absolute Gasteiger partial charge is 0.380 e. The van der Waals surface area contributed by atoms with Crippen LogP contribution in [0, 0.1) is 11.2 Å². The number of likely N-dealkylation sites (tertiary alicyclic amines) is 1. The number of nitrogens with one attached hydrogen (secondary N) is 2. The number of fused-ring (bicyclic) bond motifs is 1. The standard InChI is InChI=1S/C23H25FN6O3S/c1-13(14-7-15(24)9-25-8-14)26-22-28-17-3-6-34-19(17)18(29-22)20(31)30-10-16(11-30)27-21(32)23(2)4-5-33-12-23/h3,6-9,13,16H,4-5,10-12H2,1-2H3,(H,27,32)(H,26,28,29). The molecule has 3 aromatic rings. The van der Waals surface area contributed by atoms with Crippen LogP contribution in [0.2, 0.25) is 0 Å². The predicted molar refractivity (Wildman–Crippen MR) is 125 cm³/mol. The first-order chi connectivity index (χ1) is 16.3. The molecule has 0 aromatic carbocycles. The number of carbonyl (C=O) groups is 2. The minimum Gasteiger partial charge on any atom is -0.380 e. The van der Waals surface area contributed by atoms with Crippen molar-refractivity contribution in [3.05, 3.63) is 47.0 Å². The Balaban J connectivity index is 1.28. The van der Waals surface area contributed by atoms with Crippen molar-refractivity contribution in [2.75, 3.05) is 31.6 Å². The van der Waals surface area contributed by atoms with E-state index in [9.17, 15) is 14.0 Å². The first kappa shape index (κ1) is 22.6. The van der Waals surface area contributed by atoms with E-state index in [0.29, 0.717) is 54.2 Å². The van der Waals surface area contributed by atoms with Gasteiger partial charge in [0.1, 0.15) is 5.82 Å². The maximum absolute atomic E-state index is 13.6. The lowest BCUT2D eigenvalue weighted by Gasteiger charge is -2.40. The molecule has 0 radical (unpaired) electrons. The molecular formula is C23H25FN6O3S. The van der Waals surface area contributed by atoms with Gasteiger partial charge in [-0.3, -0.25) is 14.6 Å². The number of aromatic nitrogens is 3. The van der Waals surface area contributed by atoms with Gasteiger partial charge in [-0.25, -0.2) is 14.4 Å². The average Bonchev–Trinajstić information content (AvgIpc) is 3.44. The maximum Gasteiger partial charge on any atom is 0.274 e. The molecule has 11 heteroatoms. The first-order valence-electron chi connectivity index (χ1n) is 11.1. The van der Waals surface area contributed by atoms with Gasteiger partial charge in [-0.15, -0.1) is 11.3 Å². The minimum atomic E-state index is -0.505. The molecule has 0 aliphatic carbocycles. The van der Waals surface area contributed by atoms with Crippen LogP contribution < -0.4 is 10.6 Å². The first-order valence-corrected chi connectivity index (χ1v) is 12.0. The van der Waals surface area contributed by atoms with Crippen molar-refractivity contribution in [2.45, 2.75) is 32.4 Å². The molecule has 9 nitrogen and oxygen atoms in total. The number of hydrogen-bond donors (Lipinski definition) is 2. The summed E-state index contributed by atoms with van der Waals surface area (Å²) in [6.45, 7) is 5.61. The highest BCUT2D eigenvalue weighted by atomic mass is 32.1. The lowest BCUT2D eigenvalue weighted by molar-refractivity contribution is -0.131. The summed E-state index contributed by atoms with van der Waals surface area (Å²) in [6, 6.07) is 2.83. The van der Waals surface area contributed by atoms with Gasteiger partial charge in [0.2, 0.25) is 11.9 Å². The quantitative estimate of drug-likeness (QED) is 0.554. The Morgan fingerprint density at radius 2 is 2.15 bits per heavy atom. The Kier molecular flexibility index (Phi) is 5.90. The van der Waals surface area contributed by atoms with Crippen LogP contribution in [0.3, 0.4) is 0 Å². The summed E-state index contributed by atoms with van der Waals surface area (Å²) in [6.07, 6.45) is 3.42. The summed E-state index contributed by atoms with van der Waals surface area (Å²) in [5.41, 5.74) is 1.11. The van der Waals surface area contributed by atoms with Gasteiger partial charge in [0, 0.05) is 25.9 Å². The Labute approximate surface area is 199 Å². The summed E-state index contributed by atoms with van der Waals surface area (Å²) in [4.78, 5) is 40.4. The van der Waals surface area contributed by atoms with Crippen LogP contribution in [-0.4, -0.2) is 64.0 Å². The van der Waals surface area contributed by atoms with Crippen molar-refractivity contribution in [1.29, 1.82) is 0 Å². The normalized spacial score (nSPS) is 21.3. The fraction of sp³-hybridized carbons (Fsp3) is 0.435. The van der Waals surface area contributed by atoms with E-state index in [1.807, 2.05) is 25.3 Å². The highest BCUT2D eigenvalue weighted by Gasteiger charge is 2.41. The van der Waals surface area contributed by atoms with E-state index >= 15 is 0 Å². The molecule has 2 aliphatic heterocycles. The molecule has 34 heavy (non-hydrogen) atoms. The predicted octanol–water partition coefficient (Wildman–Crippen LogP) is 2.77. The summed E-state index contributed by atoms with van der Waals surface area (Å²) in [7, 11) is 0. The number of anilines is 1. The third kappa shape index (κ3) is 4.32. The van der Waals surface area contributed by atoms with Crippen LogP contribution >= 0.6 is 11.3 Å². The zero-order valence-electron chi connectivity index (χ0n) is 18.9. The number of hydrogen-bond acceptors (Lipinski definition) is 8. The molecule has 2 N–H and O–H groups in total. The van der Waals surface area contributed by atoms with Gasteiger partial charge in [-0.2, -0.15) is 0 Å². The van der Waals surface area contributed by atoms with E-state index in [-0.39, 0.29) is 29.8 Å². The van der Waals surface area contributed by atoms with E-state index < -0.39 is 11.2 Å². The van der Waals surface area contributed by atoms with E-state index in [1.54, 1.807) is 11.1 Å². The number of carbonyl (C=O) groups excluding carboxylic acids is 2. The topological polar surface area (TPSA) is 109 Å². The highest BCUT2D eigenvalue weighted by molar-refractivity contribution is 7.17. The molecule has 0 bridgehead atoms. The molecule has 2 fully saturated rings. The molecule has 2 aliphatic rings. The van der Waals surface area contributed by atoms with Gasteiger partial charge in [0.05, 0.1) is 40.5 Å². The molecule has 2 unspecified atom stereocenters. The van der Waals surface area contributed by atoms with E-state index in [0.717, 1.165) is 6.20 Å². The fourth-order valence-corrected chi connectivity index (χ4v) is 4.92. The Morgan fingerprint density at radius 1 is 1.32 bits per heavy atom. The summed E-state index contributed by atoms with van der Waals surface area (Å²) in [5, 5.41) is 8.04. The van der Waals surface area contributed by atoms with Crippen LogP contribution in [0.15, 0.2) is 29.9 Å². The Bertz CT molecular complexity index is 1240. The molecule has 5 rings (SSSR count). The van der Waals surface area contributed by atoms with Crippen LogP contribution in [0.25, 0.3) is 10.2 Å². The SMILES string of the molecule is CC(Nc1nc(C(=O)N2CC(NC(=O)C3(C)CCOC3)C2)c2sccc2n1)c1cncc(F)c1. The number of halogens is 1. The van der Waals surface area contributed by atoms with Gasteiger partial charge >= 0.3 is 0 Å². The van der Waals surface area contributed by atoms with Crippen molar-refractivity contribution >= 4 is 39.3 Å². The lowest BCUT2D eigenvalue weighted by atomic mass is 9.88. The molecule has 2 amide bonds. The van der Waals surface area contributed by atoms with Crippen LogP contribution in [0.5, 0.6) is 0 Å². The zero-order chi connectivity index (χ0) is 23.9. The summed E-state index contributed by atoms with van der Waals surface area (Å²) >= 11 is 1.40. The Morgan fingerprint density at radius 3 is 2.88 bits per heavy atom. The third-order valence-corrected chi connectivity index (χ3v) is 7.26. The number of thiophene rings is 1. The maximum atomic E-state index is 13.6. The second-order valence-electron chi connectivity index (χ2n) is 9.08. The minimum absolute atomic E-state index is 0.0305. The Hall–Kier alpha value is -3.18. The second kappa shape index (κ2) is 8.88. The van der Waals surface area contributed by atoms with Crippen molar-refractivity contribution in [3.8, 4) is 0 Å². The zero-order valence-corrected chi connectivity index (χ0v) is 19.7. The van der Waals surface area contributed by atoms with Crippen molar-refractivity contribution in [2.24, 2.45) is 5.41 Å². The third-order valence-electron chi connectivity index (χ3n) is 6.35. The second-order valence-corrected chi connectivity index (χ2v) is 9.99. The lowest BCUT2D eigenvalue weighted by Crippen LogP contribution is -2.62. The molecule has 2 atom stereocenters. The van der Waals surface area contributed by atoms with E-state index in [2.05, 4.69) is 25.6 Å². The van der Waals surface area contributed by atoms with Crippen molar-refractivity contribution < 1.29 is 18.7 Å². The number of amides is 2. The van der Waals surface area contributed by atoms with Crippen molar-refractivity contribution in [3.63, 3.8) is 0 Å². The van der Waals surface area contributed by atoms with E-state index in [4.69, 9.17) is 4.74 Å². The number of rotatable bonds is 6. The number of ether oxygens (including phenoxy) is 1. The molecule has 3 aromatic heterocycles. The highest BCUT2D eigenvalue weighted by Crippen LogP contribution is 2.30. The molecule has 5 heterocycles. The van der Waals surface area contributed by atoms with Gasteiger partial charge in [-0.05, 0) is 43.3 Å². The number of nitrogens with zero attached hydrogens (tertiary/aromatic N) is 4. The molecule has 178 valence electrons. The fourth-order valence-electron chi connectivity index (χ4n) is 4.11. The summed E-state index contributed by atoms with van der Waals surface area (Å²) < 4.78 is 19.6. The van der Waals surface area contributed by atoms with Gasteiger partial charge in [-0.1, -0.05) is 0 Å². The summed E-state index contributed by atoms with van der Waals surface area (Å²) in [5.74, 6) is -0.383. The average molecular weight is 485 g/mol. The van der Waals surface area contributed by atoms with Gasteiger partial charge in [0.15, 0.2) is 5.69 Å². The number of pyridine rings is 1. The molecule has 2 saturated heterocycles. The van der Waals surface area contributed by atoms with Gasteiger partial charge < -0.3 is 20.3 Å².